The Labute approximate surface area is 212 Å². The Morgan fingerprint density at radius 3 is 2.66 bits per heavy atom. The van der Waals surface area contributed by atoms with E-state index in [2.05, 4.69) is 4.90 Å². The van der Waals surface area contributed by atoms with Gasteiger partial charge in [0.15, 0.2) is 9.84 Å². The molecule has 3 aliphatic rings. The van der Waals surface area contributed by atoms with Gasteiger partial charge in [-0.1, -0.05) is 30.0 Å². The normalized spacial score (nSPS) is 24.3. The Hall–Kier alpha value is -2.32. The van der Waals surface area contributed by atoms with Gasteiger partial charge in [-0.25, -0.2) is 13.4 Å². The molecule has 3 fully saturated rings. The highest BCUT2D eigenvalue weighted by molar-refractivity contribution is 8.26. The largest absolute Gasteiger partial charge is 0.395 e. The van der Waals surface area contributed by atoms with Crippen molar-refractivity contribution in [2.24, 2.45) is 0 Å². The van der Waals surface area contributed by atoms with Crippen molar-refractivity contribution in [1.29, 1.82) is 0 Å². The van der Waals surface area contributed by atoms with Crippen LogP contribution < -0.4 is 10.5 Å². The number of hydrogen-bond acceptors (Lipinski definition) is 10. The van der Waals surface area contributed by atoms with E-state index in [1.165, 1.54) is 9.30 Å². The van der Waals surface area contributed by atoms with E-state index in [4.69, 9.17) is 17.2 Å². The fourth-order valence-corrected chi connectivity index (χ4v) is 7.77. The molecule has 1 N–H and O–H groups in total. The second-order valence-corrected chi connectivity index (χ2v) is 12.6. The molecule has 35 heavy (non-hydrogen) atoms. The molecule has 0 saturated carbocycles. The number of pyridine rings is 1. The third-order valence-corrected chi connectivity index (χ3v) is 9.59. The Kier molecular flexibility index (Phi) is 6.70. The molecule has 3 saturated heterocycles. The molecule has 186 valence electrons. The molecule has 2 aromatic rings. The summed E-state index contributed by atoms with van der Waals surface area (Å²) in [6, 6.07) is 4.84. The van der Waals surface area contributed by atoms with E-state index in [1.807, 2.05) is 11.0 Å². The van der Waals surface area contributed by atoms with Crippen LogP contribution in [-0.2, 0) is 14.6 Å². The van der Waals surface area contributed by atoms with E-state index < -0.39 is 15.9 Å². The van der Waals surface area contributed by atoms with E-state index in [0.29, 0.717) is 60.5 Å². The van der Waals surface area contributed by atoms with E-state index in [1.54, 1.807) is 24.4 Å². The molecule has 1 amide bonds. The van der Waals surface area contributed by atoms with Crippen LogP contribution in [0.3, 0.4) is 0 Å². The smallest absolute Gasteiger partial charge is 0.267 e. The summed E-state index contributed by atoms with van der Waals surface area (Å²) < 4.78 is 25.7. The van der Waals surface area contributed by atoms with Gasteiger partial charge in [0.25, 0.3) is 11.5 Å². The van der Waals surface area contributed by atoms with E-state index >= 15 is 0 Å². The van der Waals surface area contributed by atoms with Crippen LogP contribution in [-0.4, -0.2) is 99.8 Å². The zero-order chi connectivity index (χ0) is 24.7. The lowest BCUT2D eigenvalue weighted by Gasteiger charge is -2.35. The monoisotopic (exact) mass is 535 g/mol. The van der Waals surface area contributed by atoms with Crippen molar-refractivity contribution in [3.8, 4) is 0 Å². The van der Waals surface area contributed by atoms with Crippen molar-refractivity contribution in [1.82, 2.24) is 19.2 Å². The van der Waals surface area contributed by atoms with Gasteiger partial charge in [0.05, 0.1) is 34.6 Å². The van der Waals surface area contributed by atoms with Gasteiger partial charge < -0.3 is 10.0 Å². The van der Waals surface area contributed by atoms with Crippen LogP contribution in [0, 0.1) is 0 Å². The topological polar surface area (TPSA) is 116 Å². The summed E-state index contributed by atoms with van der Waals surface area (Å²) in [5.74, 6) is 0.0591. The number of carbonyl (C=O) groups excluding carboxylic acids is 1. The van der Waals surface area contributed by atoms with Gasteiger partial charge in [0.1, 0.15) is 15.8 Å². The number of aliphatic hydroxyl groups excluding tert-OH is 1. The molecule has 0 spiro atoms. The molecular formula is C22H25N5O5S3. The first kappa shape index (κ1) is 24.4. The molecule has 13 heteroatoms. The Morgan fingerprint density at radius 2 is 1.97 bits per heavy atom. The first-order valence-corrected chi connectivity index (χ1v) is 14.4. The van der Waals surface area contributed by atoms with Crippen LogP contribution in [0.2, 0.25) is 0 Å². The lowest BCUT2D eigenvalue weighted by molar-refractivity contribution is -0.123. The molecule has 0 aromatic carbocycles. The number of aromatic nitrogens is 2. The Morgan fingerprint density at radius 1 is 1.20 bits per heavy atom. The summed E-state index contributed by atoms with van der Waals surface area (Å²) in [6.07, 6.45) is 3.54. The average molecular weight is 536 g/mol. The number of aliphatic hydroxyl groups is 1. The number of hydrogen-bond donors (Lipinski definition) is 1. The van der Waals surface area contributed by atoms with Crippen LogP contribution in [0.25, 0.3) is 11.7 Å². The van der Waals surface area contributed by atoms with Crippen LogP contribution in [0.15, 0.2) is 34.1 Å². The molecule has 0 aliphatic carbocycles. The number of anilines is 1. The fourth-order valence-electron chi connectivity index (χ4n) is 4.69. The van der Waals surface area contributed by atoms with Crippen molar-refractivity contribution >= 4 is 61.6 Å². The molecule has 3 aliphatic heterocycles. The molecular weight excluding hydrogens is 510 g/mol. The summed E-state index contributed by atoms with van der Waals surface area (Å²) in [5.41, 5.74) is 0.507. The quantitative estimate of drug-likeness (QED) is 0.420. The zero-order valence-electron chi connectivity index (χ0n) is 18.9. The minimum Gasteiger partial charge on any atom is -0.395 e. The minimum absolute atomic E-state index is 0.0378. The van der Waals surface area contributed by atoms with Crippen LogP contribution in [0.1, 0.15) is 12.0 Å². The molecule has 5 heterocycles. The number of nitrogens with zero attached hydrogens (tertiary/aromatic N) is 5. The summed E-state index contributed by atoms with van der Waals surface area (Å²) in [6.45, 7) is 3.36. The SMILES string of the molecule is O=C1C(=Cc2c(N3CCN(CCO)CC3)nc3ccccn3c2=O)SC(=S)N1C1CCS(=O)(=O)C1. The number of fused-ring (bicyclic) bond motifs is 1. The average Bonchev–Trinajstić information content (AvgIpc) is 3.33. The molecule has 1 atom stereocenters. The van der Waals surface area contributed by atoms with Gasteiger partial charge in [-0.15, -0.1) is 0 Å². The van der Waals surface area contributed by atoms with E-state index in [-0.39, 0.29) is 34.5 Å². The number of amides is 1. The van der Waals surface area contributed by atoms with Gasteiger partial charge in [0, 0.05) is 38.9 Å². The number of carbonyl (C=O) groups is 1. The highest BCUT2D eigenvalue weighted by Crippen LogP contribution is 2.37. The summed E-state index contributed by atoms with van der Waals surface area (Å²) in [4.78, 5) is 37.4. The highest BCUT2D eigenvalue weighted by atomic mass is 32.2. The van der Waals surface area contributed by atoms with Gasteiger partial charge in [0.2, 0.25) is 0 Å². The Balaban J connectivity index is 1.53. The maximum absolute atomic E-state index is 13.5. The molecule has 5 rings (SSSR count). The van der Waals surface area contributed by atoms with Crippen molar-refractivity contribution < 1.29 is 18.3 Å². The van der Waals surface area contributed by atoms with Gasteiger partial charge in [-0.05, 0) is 24.6 Å². The van der Waals surface area contributed by atoms with Gasteiger partial charge in [-0.3, -0.25) is 23.8 Å². The number of sulfone groups is 1. The van der Waals surface area contributed by atoms with Crippen molar-refractivity contribution in [3.63, 3.8) is 0 Å². The highest BCUT2D eigenvalue weighted by Gasteiger charge is 2.42. The Bertz CT molecular complexity index is 1380. The predicted octanol–water partition coefficient (Wildman–Crippen LogP) is 0.197. The third kappa shape index (κ3) is 4.75. The standard InChI is InChI=1S/C22H25N5O5S3/c28-11-10-24-6-8-25(9-7-24)19-16(20(29)26-5-2-1-3-18(26)23-19)13-17-21(30)27(22(33)34-17)15-4-12-35(31,32)14-15/h1-3,5,13,15,28H,4,6-12,14H2. The fraction of sp³-hybridized carbons (Fsp3) is 0.455. The first-order valence-electron chi connectivity index (χ1n) is 11.3. The van der Waals surface area contributed by atoms with Crippen LogP contribution >= 0.6 is 24.0 Å². The first-order chi connectivity index (χ1) is 16.8. The van der Waals surface area contributed by atoms with Crippen molar-refractivity contribution in [2.75, 3.05) is 55.7 Å². The second kappa shape index (κ2) is 9.62. The number of thioether (sulfide) groups is 1. The predicted molar refractivity (Wildman–Crippen MR) is 139 cm³/mol. The molecule has 1 unspecified atom stereocenters. The van der Waals surface area contributed by atoms with Crippen molar-refractivity contribution in [2.45, 2.75) is 12.5 Å². The second-order valence-electron chi connectivity index (χ2n) is 8.74. The minimum atomic E-state index is -3.19. The number of thiocarbonyl (C=S) groups is 1. The van der Waals surface area contributed by atoms with Crippen molar-refractivity contribution in [3.05, 3.63) is 45.2 Å². The van der Waals surface area contributed by atoms with Crippen LogP contribution in [0.5, 0.6) is 0 Å². The molecule has 2 aromatic heterocycles. The summed E-state index contributed by atoms with van der Waals surface area (Å²) >= 11 is 6.51. The van der Waals surface area contributed by atoms with Crippen LogP contribution in [0.4, 0.5) is 5.82 Å². The number of piperazine rings is 1. The van der Waals surface area contributed by atoms with Gasteiger partial charge in [-0.2, -0.15) is 0 Å². The lowest BCUT2D eigenvalue weighted by atomic mass is 10.2. The molecule has 0 bridgehead atoms. The summed E-state index contributed by atoms with van der Waals surface area (Å²) in [7, 11) is -3.19. The number of rotatable bonds is 5. The molecule has 0 radical (unpaired) electrons. The zero-order valence-corrected chi connectivity index (χ0v) is 21.3. The van der Waals surface area contributed by atoms with Gasteiger partial charge >= 0.3 is 0 Å². The molecule has 10 nitrogen and oxygen atoms in total. The lowest BCUT2D eigenvalue weighted by Crippen LogP contribution is -2.48. The maximum Gasteiger partial charge on any atom is 0.267 e. The third-order valence-electron chi connectivity index (χ3n) is 6.51. The van der Waals surface area contributed by atoms with E-state index in [0.717, 1.165) is 11.8 Å². The van der Waals surface area contributed by atoms with E-state index in [9.17, 15) is 23.1 Å². The summed E-state index contributed by atoms with van der Waals surface area (Å²) in [5, 5.41) is 9.23. The number of β-amino-alcohol motifs (C(OH)–C–C–N with tert-alkyl or cyclic N) is 1. The maximum atomic E-state index is 13.5.